The number of carbonyl (C=O) groups is 1. The van der Waals surface area contributed by atoms with Gasteiger partial charge in [0.1, 0.15) is 0 Å². The number of nitrogens with zero attached hydrogens (tertiary/aromatic N) is 4. The molecular formula is C14H24N4O2. The average molecular weight is 280 g/mol. The molecule has 0 amide bonds. The van der Waals surface area contributed by atoms with E-state index in [0.29, 0.717) is 12.3 Å². The summed E-state index contributed by atoms with van der Waals surface area (Å²) < 4.78 is 1.78. The lowest BCUT2D eigenvalue weighted by molar-refractivity contribution is 0.0689. The van der Waals surface area contributed by atoms with Crippen molar-refractivity contribution in [2.24, 2.45) is 5.92 Å². The van der Waals surface area contributed by atoms with Crippen LogP contribution in [0.4, 0.5) is 0 Å². The fraction of sp³-hybridized carbons (Fsp3) is 0.786. The van der Waals surface area contributed by atoms with Gasteiger partial charge in [-0.3, -0.25) is 0 Å². The lowest BCUT2D eigenvalue weighted by atomic mass is 10.1. The second-order valence-electron chi connectivity index (χ2n) is 5.91. The minimum absolute atomic E-state index is 0.109. The Labute approximate surface area is 119 Å². The fourth-order valence-electron chi connectivity index (χ4n) is 2.69. The smallest absolute Gasteiger partial charge is 0.358 e. The number of carboxylic acids is 1. The second kappa shape index (κ2) is 6.83. The molecule has 0 saturated carbocycles. The molecule has 1 aromatic heterocycles. The van der Waals surface area contributed by atoms with Crippen LogP contribution in [0.2, 0.25) is 0 Å². The zero-order valence-corrected chi connectivity index (χ0v) is 12.4. The molecule has 112 valence electrons. The Kier molecular flexibility index (Phi) is 5.11. The molecule has 1 aromatic rings. The van der Waals surface area contributed by atoms with Crippen molar-refractivity contribution in [2.45, 2.75) is 46.1 Å². The van der Waals surface area contributed by atoms with Gasteiger partial charge >= 0.3 is 5.97 Å². The Morgan fingerprint density at radius 1 is 1.25 bits per heavy atom. The van der Waals surface area contributed by atoms with E-state index in [2.05, 4.69) is 29.1 Å². The summed E-state index contributed by atoms with van der Waals surface area (Å²) in [4.78, 5) is 13.6. The van der Waals surface area contributed by atoms with Gasteiger partial charge in [-0.25, -0.2) is 9.48 Å². The summed E-state index contributed by atoms with van der Waals surface area (Å²) in [6.45, 7) is 8.08. The Morgan fingerprint density at radius 3 is 2.55 bits per heavy atom. The number of likely N-dealkylation sites (tertiary alicyclic amines) is 1. The van der Waals surface area contributed by atoms with Crippen LogP contribution in [-0.4, -0.2) is 50.6 Å². The summed E-state index contributed by atoms with van der Waals surface area (Å²) in [5.74, 6) is -0.592. The van der Waals surface area contributed by atoms with E-state index in [0.717, 1.165) is 31.9 Å². The van der Waals surface area contributed by atoms with Crippen molar-refractivity contribution in [2.75, 3.05) is 19.6 Å². The zero-order chi connectivity index (χ0) is 14.5. The predicted octanol–water partition coefficient (Wildman–Crippen LogP) is 1.66. The van der Waals surface area contributed by atoms with Crippen LogP contribution in [0.15, 0.2) is 0 Å². The Morgan fingerprint density at radius 2 is 1.95 bits per heavy atom. The molecule has 2 rings (SSSR count). The van der Waals surface area contributed by atoms with E-state index in [1.54, 1.807) is 4.68 Å². The first-order valence-corrected chi connectivity index (χ1v) is 7.46. The Bertz CT molecular complexity index is 450. The number of rotatable bonds is 6. The number of aromatic nitrogens is 3. The van der Waals surface area contributed by atoms with Crippen molar-refractivity contribution >= 4 is 5.97 Å². The maximum absolute atomic E-state index is 11.2. The molecule has 0 unspecified atom stereocenters. The lowest BCUT2D eigenvalue weighted by Gasteiger charge is -2.26. The van der Waals surface area contributed by atoms with Gasteiger partial charge in [-0.1, -0.05) is 25.5 Å². The third-order valence-electron chi connectivity index (χ3n) is 3.72. The highest BCUT2D eigenvalue weighted by atomic mass is 16.4. The zero-order valence-electron chi connectivity index (χ0n) is 12.4. The van der Waals surface area contributed by atoms with Crippen molar-refractivity contribution in [1.82, 2.24) is 19.9 Å². The summed E-state index contributed by atoms with van der Waals surface area (Å²) in [7, 11) is 0. The SMILES string of the molecule is CC(C)Cc1c(C(=O)O)nnn1CCN1CCCCC1. The molecule has 20 heavy (non-hydrogen) atoms. The number of piperidine rings is 1. The minimum atomic E-state index is -0.982. The molecule has 0 atom stereocenters. The van der Waals surface area contributed by atoms with Gasteiger partial charge in [0.05, 0.1) is 12.2 Å². The highest BCUT2D eigenvalue weighted by Crippen LogP contribution is 2.13. The highest BCUT2D eigenvalue weighted by molar-refractivity contribution is 5.86. The van der Waals surface area contributed by atoms with Crippen LogP contribution >= 0.6 is 0 Å². The Balaban J connectivity index is 2.04. The summed E-state index contributed by atoms with van der Waals surface area (Å²) in [6.07, 6.45) is 4.55. The van der Waals surface area contributed by atoms with Gasteiger partial charge in [-0.15, -0.1) is 5.10 Å². The lowest BCUT2D eigenvalue weighted by Crippen LogP contribution is -2.33. The van der Waals surface area contributed by atoms with Crippen LogP contribution in [0.1, 0.15) is 49.3 Å². The normalized spacial score (nSPS) is 16.8. The first-order chi connectivity index (χ1) is 9.58. The fourth-order valence-corrected chi connectivity index (χ4v) is 2.69. The first-order valence-electron chi connectivity index (χ1n) is 7.46. The molecule has 1 saturated heterocycles. The molecule has 6 heteroatoms. The van der Waals surface area contributed by atoms with E-state index in [9.17, 15) is 9.90 Å². The number of carboxylic acid groups (broad SMARTS) is 1. The van der Waals surface area contributed by atoms with Gasteiger partial charge in [0.15, 0.2) is 5.69 Å². The summed E-state index contributed by atoms with van der Waals surface area (Å²) in [5.41, 5.74) is 0.863. The van der Waals surface area contributed by atoms with Gasteiger partial charge in [0, 0.05) is 6.54 Å². The monoisotopic (exact) mass is 280 g/mol. The van der Waals surface area contributed by atoms with Gasteiger partial charge in [-0.05, 0) is 38.3 Å². The van der Waals surface area contributed by atoms with E-state index >= 15 is 0 Å². The maximum atomic E-state index is 11.2. The Hall–Kier alpha value is -1.43. The molecular weight excluding hydrogens is 256 g/mol. The van der Waals surface area contributed by atoms with Crippen LogP contribution in [-0.2, 0) is 13.0 Å². The predicted molar refractivity (Wildman–Crippen MR) is 75.8 cm³/mol. The molecule has 1 aliphatic rings. The van der Waals surface area contributed by atoms with Crippen molar-refractivity contribution in [3.05, 3.63) is 11.4 Å². The van der Waals surface area contributed by atoms with E-state index in [4.69, 9.17) is 0 Å². The van der Waals surface area contributed by atoms with Gasteiger partial charge in [0.25, 0.3) is 0 Å². The first kappa shape index (κ1) is 15.0. The average Bonchev–Trinajstić information content (AvgIpc) is 2.80. The van der Waals surface area contributed by atoms with Crippen molar-refractivity contribution in [3.63, 3.8) is 0 Å². The van der Waals surface area contributed by atoms with Crippen LogP contribution in [0.25, 0.3) is 0 Å². The van der Waals surface area contributed by atoms with Crippen molar-refractivity contribution in [3.8, 4) is 0 Å². The van der Waals surface area contributed by atoms with E-state index < -0.39 is 5.97 Å². The molecule has 0 aromatic carbocycles. The second-order valence-corrected chi connectivity index (χ2v) is 5.91. The minimum Gasteiger partial charge on any atom is -0.476 e. The van der Waals surface area contributed by atoms with Crippen molar-refractivity contribution in [1.29, 1.82) is 0 Å². The molecule has 1 fully saturated rings. The highest BCUT2D eigenvalue weighted by Gasteiger charge is 2.20. The molecule has 0 radical (unpaired) electrons. The number of hydrogen-bond donors (Lipinski definition) is 1. The summed E-state index contributed by atoms with van der Waals surface area (Å²) >= 11 is 0. The molecule has 0 spiro atoms. The third kappa shape index (κ3) is 3.79. The number of hydrogen-bond acceptors (Lipinski definition) is 4. The largest absolute Gasteiger partial charge is 0.476 e. The van der Waals surface area contributed by atoms with Crippen LogP contribution in [0.3, 0.4) is 0 Å². The van der Waals surface area contributed by atoms with Gasteiger partial charge < -0.3 is 10.0 Å². The molecule has 1 N–H and O–H groups in total. The molecule has 1 aliphatic heterocycles. The summed E-state index contributed by atoms with van der Waals surface area (Å²) in [5, 5.41) is 17.0. The number of aromatic carboxylic acids is 1. The van der Waals surface area contributed by atoms with Gasteiger partial charge in [0.2, 0.25) is 0 Å². The molecule has 0 aliphatic carbocycles. The quantitative estimate of drug-likeness (QED) is 0.858. The molecule has 2 heterocycles. The molecule has 6 nitrogen and oxygen atoms in total. The van der Waals surface area contributed by atoms with Crippen LogP contribution in [0.5, 0.6) is 0 Å². The van der Waals surface area contributed by atoms with E-state index in [-0.39, 0.29) is 5.69 Å². The van der Waals surface area contributed by atoms with Crippen LogP contribution in [0, 0.1) is 5.92 Å². The molecule has 0 bridgehead atoms. The maximum Gasteiger partial charge on any atom is 0.358 e. The summed E-state index contributed by atoms with van der Waals surface area (Å²) in [6, 6.07) is 0. The third-order valence-corrected chi connectivity index (χ3v) is 3.72. The van der Waals surface area contributed by atoms with E-state index in [1.165, 1.54) is 19.3 Å². The standard InChI is InChI=1S/C14H24N4O2/c1-11(2)10-12-13(14(19)20)15-16-18(12)9-8-17-6-4-3-5-7-17/h11H,3-10H2,1-2H3,(H,19,20). The van der Waals surface area contributed by atoms with E-state index in [1.807, 2.05) is 0 Å². The van der Waals surface area contributed by atoms with Gasteiger partial charge in [-0.2, -0.15) is 0 Å². The topological polar surface area (TPSA) is 71.2 Å². The van der Waals surface area contributed by atoms with Crippen molar-refractivity contribution < 1.29 is 9.90 Å². The van der Waals surface area contributed by atoms with Crippen LogP contribution < -0.4 is 0 Å².